The van der Waals surface area contributed by atoms with E-state index in [0.29, 0.717) is 28.7 Å². The molecule has 1 heterocycles. The van der Waals surface area contributed by atoms with Gasteiger partial charge in [-0.3, -0.25) is 4.79 Å². The predicted octanol–water partition coefficient (Wildman–Crippen LogP) is 2.57. The molecule has 1 aromatic heterocycles. The molecule has 0 spiro atoms. The zero-order chi connectivity index (χ0) is 16.7. The van der Waals surface area contributed by atoms with Crippen LogP contribution in [0.1, 0.15) is 23.7 Å². The van der Waals surface area contributed by atoms with Crippen molar-refractivity contribution in [2.75, 3.05) is 31.4 Å². The van der Waals surface area contributed by atoms with Crippen LogP contribution < -0.4 is 20.1 Å². The van der Waals surface area contributed by atoms with Gasteiger partial charge in [0.1, 0.15) is 11.5 Å². The summed E-state index contributed by atoms with van der Waals surface area (Å²) in [6.45, 7) is 2.84. The molecular formula is C16H20N4O3. The van der Waals surface area contributed by atoms with Crippen molar-refractivity contribution in [3.8, 4) is 11.5 Å². The number of carbonyl (C=O) groups excluding carboxylic acids is 1. The second-order valence-electron chi connectivity index (χ2n) is 4.74. The maximum Gasteiger partial charge on any atom is 0.258 e. The molecular weight excluding hydrogens is 296 g/mol. The molecule has 0 bridgehead atoms. The Hall–Kier alpha value is -2.83. The number of amides is 1. The van der Waals surface area contributed by atoms with Crippen molar-refractivity contribution >= 4 is 17.5 Å². The smallest absolute Gasteiger partial charge is 0.258 e. The summed E-state index contributed by atoms with van der Waals surface area (Å²) >= 11 is 0. The van der Waals surface area contributed by atoms with Gasteiger partial charge in [-0.15, -0.1) is 0 Å². The topological polar surface area (TPSA) is 85.4 Å². The molecule has 0 unspecified atom stereocenters. The fraction of sp³-hybridized carbons (Fsp3) is 0.312. The highest BCUT2D eigenvalue weighted by Gasteiger charge is 2.12. The van der Waals surface area contributed by atoms with E-state index in [9.17, 15) is 4.79 Å². The number of rotatable bonds is 7. The molecule has 2 aromatic rings. The SMILES string of the molecule is CCCNc1ncc(C(=O)Nc2cc(OC)ccc2OC)cn1. The fourth-order valence-corrected chi connectivity index (χ4v) is 1.88. The van der Waals surface area contributed by atoms with Crippen molar-refractivity contribution < 1.29 is 14.3 Å². The van der Waals surface area contributed by atoms with Gasteiger partial charge in [0.25, 0.3) is 5.91 Å². The van der Waals surface area contributed by atoms with Gasteiger partial charge < -0.3 is 20.1 Å². The third-order valence-electron chi connectivity index (χ3n) is 3.10. The van der Waals surface area contributed by atoms with E-state index in [1.807, 2.05) is 0 Å². The Labute approximate surface area is 135 Å². The molecule has 0 saturated heterocycles. The molecule has 7 heteroatoms. The minimum Gasteiger partial charge on any atom is -0.497 e. The number of benzene rings is 1. The minimum absolute atomic E-state index is 0.321. The lowest BCUT2D eigenvalue weighted by atomic mass is 10.2. The van der Waals surface area contributed by atoms with Crippen molar-refractivity contribution in [1.82, 2.24) is 9.97 Å². The van der Waals surface area contributed by atoms with Crippen LogP contribution in [0.2, 0.25) is 0 Å². The highest BCUT2D eigenvalue weighted by atomic mass is 16.5. The summed E-state index contributed by atoms with van der Waals surface area (Å²) in [5.74, 6) is 1.35. The summed E-state index contributed by atoms with van der Waals surface area (Å²) in [6.07, 6.45) is 3.93. The van der Waals surface area contributed by atoms with E-state index < -0.39 is 0 Å². The average molecular weight is 316 g/mol. The van der Waals surface area contributed by atoms with Gasteiger partial charge in [-0.05, 0) is 18.6 Å². The van der Waals surface area contributed by atoms with Crippen LogP contribution in [0, 0.1) is 0 Å². The Morgan fingerprint density at radius 1 is 1.17 bits per heavy atom. The van der Waals surface area contributed by atoms with Crippen molar-refractivity contribution in [2.24, 2.45) is 0 Å². The van der Waals surface area contributed by atoms with E-state index in [2.05, 4.69) is 27.5 Å². The Morgan fingerprint density at radius 3 is 2.52 bits per heavy atom. The first-order valence-corrected chi connectivity index (χ1v) is 7.27. The summed E-state index contributed by atoms with van der Waals surface area (Å²) in [6, 6.07) is 5.17. The van der Waals surface area contributed by atoms with E-state index in [4.69, 9.17) is 9.47 Å². The minimum atomic E-state index is -0.321. The lowest BCUT2D eigenvalue weighted by molar-refractivity contribution is 0.102. The quantitative estimate of drug-likeness (QED) is 0.816. The number of nitrogens with one attached hydrogen (secondary N) is 2. The number of carbonyl (C=O) groups is 1. The fourth-order valence-electron chi connectivity index (χ4n) is 1.88. The van der Waals surface area contributed by atoms with Crippen LogP contribution in [0.4, 0.5) is 11.6 Å². The molecule has 0 saturated carbocycles. The van der Waals surface area contributed by atoms with Crippen LogP contribution in [-0.4, -0.2) is 36.6 Å². The number of aromatic nitrogens is 2. The van der Waals surface area contributed by atoms with E-state index in [-0.39, 0.29) is 5.91 Å². The average Bonchev–Trinajstić information content (AvgIpc) is 2.60. The number of hydrogen-bond acceptors (Lipinski definition) is 6. The number of hydrogen-bond donors (Lipinski definition) is 2. The van der Waals surface area contributed by atoms with Gasteiger partial charge in [-0.1, -0.05) is 6.92 Å². The van der Waals surface area contributed by atoms with Crippen LogP contribution >= 0.6 is 0 Å². The van der Waals surface area contributed by atoms with E-state index in [1.54, 1.807) is 25.3 Å². The zero-order valence-corrected chi connectivity index (χ0v) is 13.4. The Bertz CT molecular complexity index is 659. The Morgan fingerprint density at radius 2 is 1.91 bits per heavy atom. The molecule has 23 heavy (non-hydrogen) atoms. The van der Waals surface area contributed by atoms with Crippen LogP contribution in [-0.2, 0) is 0 Å². The van der Waals surface area contributed by atoms with Gasteiger partial charge in [-0.25, -0.2) is 9.97 Å². The van der Waals surface area contributed by atoms with E-state index >= 15 is 0 Å². The molecule has 0 aliphatic carbocycles. The first-order valence-electron chi connectivity index (χ1n) is 7.27. The molecule has 122 valence electrons. The third kappa shape index (κ3) is 4.32. The molecule has 2 N–H and O–H groups in total. The molecule has 1 aromatic carbocycles. The highest BCUT2D eigenvalue weighted by Crippen LogP contribution is 2.29. The standard InChI is InChI=1S/C16H20N4O3/c1-4-7-17-16-18-9-11(10-19-16)15(21)20-13-8-12(22-2)5-6-14(13)23-3/h5-6,8-10H,4,7H2,1-3H3,(H,20,21)(H,17,18,19). The Kier molecular flexibility index (Phi) is 5.74. The monoisotopic (exact) mass is 316 g/mol. The van der Waals surface area contributed by atoms with Gasteiger partial charge in [0.15, 0.2) is 0 Å². The number of nitrogens with zero attached hydrogens (tertiary/aromatic N) is 2. The largest absolute Gasteiger partial charge is 0.497 e. The molecule has 0 fully saturated rings. The molecule has 0 atom stereocenters. The number of anilines is 2. The maximum atomic E-state index is 12.3. The summed E-state index contributed by atoms with van der Waals surface area (Å²) in [7, 11) is 3.10. The zero-order valence-electron chi connectivity index (χ0n) is 13.4. The lowest BCUT2D eigenvalue weighted by Crippen LogP contribution is -2.14. The van der Waals surface area contributed by atoms with E-state index in [1.165, 1.54) is 19.5 Å². The second-order valence-corrected chi connectivity index (χ2v) is 4.74. The summed E-state index contributed by atoms with van der Waals surface area (Å²) in [5, 5.41) is 5.82. The van der Waals surface area contributed by atoms with Crippen LogP contribution in [0.15, 0.2) is 30.6 Å². The normalized spacial score (nSPS) is 10.0. The molecule has 2 rings (SSSR count). The predicted molar refractivity (Wildman–Crippen MR) is 88.3 cm³/mol. The van der Waals surface area contributed by atoms with Crippen molar-refractivity contribution in [1.29, 1.82) is 0 Å². The summed E-state index contributed by atoms with van der Waals surface area (Å²) in [5.41, 5.74) is 0.877. The molecule has 1 amide bonds. The Balaban J connectivity index is 2.12. The van der Waals surface area contributed by atoms with Gasteiger partial charge in [0.2, 0.25) is 5.95 Å². The van der Waals surface area contributed by atoms with Crippen LogP contribution in [0.5, 0.6) is 11.5 Å². The molecule has 0 aliphatic rings. The van der Waals surface area contributed by atoms with Gasteiger partial charge >= 0.3 is 0 Å². The number of methoxy groups -OCH3 is 2. The maximum absolute atomic E-state index is 12.3. The van der Waals surface area contributed by atoms with Crippen LogP contribution in [0.3, 0.4) is 0 Å². The van der Waals surface area contributed by atoms with Gasteiger partial charge in [-0.2, -0.15) is 0 Å². The first kappa shape index (κ1) is 16.5. The molecule has 0 radical (unpaired) electrons. The lowest BCUT2D eigenvalue weighted by Gasteiger charge is -2.11. The summed E-state index contributed by atoms with van der Waals surface area (Å²) < 4.78 is 10.4. The van der Waals surface area contributed by atoms with Gasteiger partial charge in [0, 0.05) is 25.0 Å². The molecule has 7 nitrogen and oxygen atoms in total. The van der Waals surface area contributed by atoms with Crippen molar-refractivity contribution in [2.45, 2.75) is 13.3 Å². The van der Waals surface area contributed by atoms with Crippen LogP contribution in [0.25, 0.3) is 0 Å². The van der Waals surface area contributed by atoms with E-state index in [0.717, 1.165) is 13.0 Å². The first-order chi connectivity index (χ1) is 11.2. The summed E-state index contributed by atoms with van der Waals surface area (Å²) in [4.78, 5) is 20.5. The van der Waals surface area contributed by atoms with Crippen molar-refractivity contribution in [3.63, 3.8) is 0 Å². The number of ether oxygens (including phenoxy) is 2. The second kappa shape index (κ2) is 7.98. The highest BCUT2D eigenvalue weighted by molar-refractivity contribution is 6.04. The third-order valence-corrected chi connectivity index (χ3v) is 3.10. The van der Waals surface area contributed by atoms with Gasteiger partial charge in [0.05, 0.1) is 25.5 Å². The molecule has 0 aliphatic heterocycles. The van der Waals surface area contributed by atoms with Crippen molar-refractivity contribution in [3.05, 3.63) is 36.2 Å².